The van der Waals surface area contributed by atoms with Gasteiger partial charge in [0.1, 0.15) is 5.75 Å². The smallest absolute Gasteiger partial charge is 0.118 e. The molecule has 1 aromatic carbocycles. The fourth-order valence-corrected chi connectivity index (χ4v) is 3.21. The molecule has 0 saturated heterocycles. The zero-order chi connectivity index (χ0) is 13.7. The van der Waals surface area contributed by atoms with Crippen molar-refractivity contribution in [1.82, 2.24) is 4.90 Å². The van der Waals surface area contributed by atoms with Gasteiger partial charge in [-0.1, -0.05) is 25.0 Å². The molecule has 2 rings (SSSR count). The van der Waals surface area contributed by atoms with Crippen molar-refractivity contribution in [1.29, 1.82) is 0 Å². The number of nitrogens with zero attached hydrogens (tertiary/aromatic N) is 1. The van der Waals surface area contributed by atoms with Gasteiger partial charge in [0.25, 0.3) is 0 Å². The molecule has 0 aromatic heterocycles. The highest BCUT2D eigenvalue weighted by Crippen LogP contribution is 2.30. The summed E-state index contributed by atoms with van der Waals surface area (Å²) in [6, 6.07) is 8.84. The molecule has 2 N–H and O–H groups in total. The summed E-state index contributed by atoms with van der Waals surface area (Å²) in [5.74, 6) is 1.70. The Morgan fingerprint density at radius 1 is 1.26 bits per heavy atom. The fourth-order valence-electron chi connectivity index (χ4n) is 3.21. The van der Waals surface area contributed by atoms with Crippen LogP contribution in [0.5, 0.6) is 5.75 Å². The van der Waals surface area contributed by atoms with E-state index in [-0.39, 0.29) is 0 Å². The van der Waals surface area contributed by atoms with Gasteiger partial charge in [-0.2, -0.15) is 0 Å². The van der Waals surface area contributed by atoms with Crippen molar-refractivity contribution in [3.8, 4) is 5.75 Å². The molecular formula is C16H26N2O. The van der Waals surface area contributed by atoms with Gasteiger partial charge in [0.05, 0.1) is 7.11 Å². The zero-order valence-corrected chi connectivity index (χ0v) is 12.1. The number of nitrogens with two attached hydrogens (primary N) is 1. The number of likely N-dealkylation sites (N-methyl/N-ethyl adjacent to an activating group) is 1. The Labute approximate surface area is 116 Å². The van der Waals surface area contributed by atoms with E-state index in [1.54, 1.807) is 7.11 Å². The summed E-state index contributed by atoms with van der Waals surface area (Å²) in [5, 5.41) is 0. The Kier molecular flexibility index (Phi) is 5.23. The van der Waals surface area contributed by atoms with Crippen LogP contribution < -0.4 is 10.5 Å². The average Bonchev–Trinajstić information content (AvgIpc) is 2.94. The van der Waals surface area contributed by atoms with Gasteiger partial charge in [-0.25, -0.2) is 0 Å². The Morgan fingerprint density at radius 3 is 2.42 bits per heavy atom. The minimum absolute atomic E-state index is 0.518. The van der Waals surface area contributed by atoms with Crippen molar-refractivity contribution in [3.63, 3.8) is 0 Å². The van der Waals surface area contributed by atoms with Crippen LogP contribution in [-0.2, 0) is 6.54 Å². The van der Waals surface area contributed by atoms with E-state index >= 15 is 0 Å². The third-order valence-electron chi connectivity index (χ3n) is 4.34. The quantitative estimate of drug-likeness (QED) is 0.856. The van der Waals surface area contributed by atoms with Gasteiger partial charge in [0, 0.05) is 19.1 Å². The number of hydrogen-bond donors (Lipinski definition) is 1. The minimum atomic E-state index is 0.518. The van der Waals surface area contributed by atoms with Gasteiger partial charge in [0.2, 0.25) is 0 Å². The first-order valence-corrected chi connectivity index (χ1v) is 7.28. The molecule has 1 unspecified atom stereocenters. The van der Waals surface area contributed by atoms with Crippen LogP contribution in [0.15, 0.2) is 24.3 Å². The molecule has 1 aliphatic carbocycles. The molecule has 1 saturated carbocycles. The van der Waals surface area contributed by atoms with E-state index < -0.39 is 0 Å². The normalized spacial score (nSPS) is 17.9. The van der Waals surface area contributed by atoms with E-state index in [2.05, 4.69) is 24.1 Å². The zero-order valence-electron chi connectivity index (χ0n) is 12.1. The third kappa shape index (κ3) is 3.71. The molecule has 0 bridgehead atoms. The SMILES string of the molecule is COc1ccc(CN(C)C(CN)C2CCCC2)cc1. The van der Waals surface area contributed by atoms with Crippen LogP contribution in [0.4, 0.5) is 0 Å². The monoisotopic (exact) mass is 262 g/mol. The van der Waals surface area contributed by atoms with Crippen LogP contribution in [0.3, 0.4) is 0 Å². The second-order valence-corrected chi connectivity index (χ2v) is 5.61. The van der Waals surface area contributed by atoms with E-state index in [1.165, 1.54) is 31.2 Å². The van der Waals surface area contributed by atoms with Crippen LogP contribution in [0.25, 0.3) is 0 Å². The molecular weight excluding hydrogens is 236 g/mol. The van der Waals surface area contributed by atoms with Gasteiger partial charge in [0.15, 0.2) is 0 Å². The van der Waals surface area contributed by atoms with Crippen LogP contribution in [0, 0.1) is 5.92 Å². The van der Waals surface area contributed by atoms with Crippen molar-refractivity contribution in [3.05, 3.63) is 29.8 Å². The highest BCUT2D eigenvalue weighted by atomic mass is 16.5. The molecule has 106 valence electrons. The van der Waals surface area contributed by atoms with Crippen LogP contribution in [-0.4, -0.2) is 31.6 Å². The summed E-state index contributed by atoms with van der Waals surface area (Å²) in [4.78, 5) is 2.41. The van der Waals surface area contributed by atoms with Crippen molar-refractivity contribution in [2.45, 2.75) is 38.3 Å². The topological polar surface area (TPSA) is 38.5 Å². The Balaban J connectivity index is 1.95. The second-order valence-electron chi connectivity index (χ2n) is 5.61. The lowest BCUT2D eigenvalue weighted by molar-refractivity contribution is 0.174. The van der Waals surface area contributed by atoms with Crippen molar-refractivity contribution >= 4 is 0 Å². The van der Waals surface area contributed by atoms with Crippen LogP contribution >= 0.6 is 0 Å². The van der Waals surface area contributed by atoms with E-state index in [4.69, 9.17) is 10.5 Å². The van der Waals surface area contributed by atoms with Crippen molar-refractivity contribution < 1.29 is 4.74 Å². The molecule has 3 heteroatoms. The summed E-state index contributed by atoms with van der Waals surface area (Å²) in [7, 11) is 3.89. The Morgan fingerprint density at radius 2 is 1.89 bits per heavy atom. The minimum Gasteiger partial charge on any atom is -0.497 e. The molecule has 0 radical (unpaired) electrons. The molecule has 0 amide bonds. The first kappa shape index (κ1) is 14.4. The van der Waals surface area contributed by atoms with Gasteiger partial charge in [-0.15, -0.1) is 0 Å². The summed E-state index contributed by atoms with van der Waals surface area (Å²) >= 11 is 0. The molecule has 0 heterocycles. The third-order valence-corrected chi connectivity index (χ3v) is 4.34. The molecule has 1 aromatic rings. The molecule has 1 aliphatic rings. The molecule has 0 aliphatic heterocycles. The van der Waals surface area contributed by atoms with Crippen LogP contribution in [0.2, 0.25) is 0 Å². The van der Waals surface area contributed by atoms with Crippen molar-refractivity contribution in [2.24, 2.45) is 11.7 Å². The highest BCUT2D eigenvalue weighted by Gasteiger charge is 2.26. The van der Waals surface area contributed by atoms with Gasteiger partial charge < -0.3 is 10.5 Å². The van der Waals surface area contributed by atoms with E-state index in [0.29, 0.717) is 6.04 Å². The predicted octanol–water partition coefficient (Wildman–Crippen LogP) is 2.64. The maximum Gasteiger partial charge on any atom is 0.118 e. The van der Waals surface area contributed by atoms with Gasteiger partial charge in [-0.05, 0) is 43.5 Å². The molecule has 0 spiro atoms. The molecule has 19 heavy (non-hydrogen) atoms. The summed E-state index contributed by atoms with van der Waals surface area (Å²) in [5.41, 5.74) is 7.31. The molecule has 1 fully saturated rings. The van der Waals surface area contributed by atoms with E-state index in [9.17, 15) is 0 Å². The van der Waals surface area contributed by atoms with Crippen molar-refractivity contribution in [2.75, 3.05) is 20.7 Å². The number of ether oxygens (including phenoxy) is 1. The van der Waals surface area contributed by atoms with E-state index in [0.717, 1.165) is 24.8 Å². The summed E-state index contributed by atoms with van der Waals surface area (Å²) < 4.78 is 5.19. The fraction of sp³-hybridized carbons (Fsp3) is 0.625. The Hall–Kier alpha value is -1.06. The van der Waals surface area contributed by atoms with Gasteiger partial charge >= 0.3 is 0 Å². The second kappa shape index (κ2) is 6.92. The highest BCUT2D eigenvalue weighted by molar-refractivity contribution is 5.27. The van der Waals surface area contributed by atoms with E-state index in [1.807, 2.05) is 12.1 Å². The maximum atomic E-state index is 5.99. The number of methoxy groups -OCH3 is 1. The first-order valence-electron chi connectivity index (χ1n) is 7.28. The standard InChI is InChI=1S/C16H26N2O/c1-18(16(11-17)14-5-3-4-6-14)12-13-7-9-15(19-2)10-8-13/h7-10,14,16H,3-6,11-12,17H2,1-2H3. The largest absolute Gasteiger partial charge is 0.497 e. The number of rotatable bonds is 6. The summed E-state index contributed by atoms with van der Waals surface area (Å²) in [6.07, 6.45) is 5.43. The number of benzene rings is 1. The molecule has 3 nitrogen and oxygen atoms in total. The van der Waals surface area contributed by atoms with Crippen LogP contribution in [0.1, 0.15) is 31.2 Å². The average molecular weight is 262 g/mol. The first-order chi connectivity index (χ1) is 9.24. The maximum absolute atomic E-state index is 5.99. The van der Waals surface area contributed by atoms with Gasteiger partial charge in [-0.3, -0.25) is 4.90 Å². The predicted molar refractivity (Wildman–Crippen MR) is 79.3 cm³/mol. The lowest BCUT2D eigenvalue weighted by Gasteiger charge is -2.31. The lowest BCUT2D eigenvalue weighted by Crippen LogP contribution is -2.42. The number of hydrogen-bond acceptors (Lipinski definition) is 3. The molecule has 1 atom stereocenters. The summed E-state index contributed by atoms with van der Waals surface area (Å²) in [6.45, 7) is 1.72. The lowest BCUT2D eigenvalue weighted by atomic mass is 9.96. The Bertz CT molecular complexity index is 371.